The van der Waals surface area contributed by atoms with Gasteiger partial charge in [0.2, 0.25) is 0 Å². The van der Waals surface area contributed by atoms with Gasteiger partial charge in [-0.25, -0.2) is 0 Å². The van der Waals surface area contributed by atoms with E-state index in [9.17, 15) is 5.11 Å². The molecule has 1 N–H and O–H groups in total. The lowest BCUT2D eigenvalue weighted by atomic mass is 10.1. The number of benzene rings is 1. The van der Waals surface area contributed by atoms with Crippen LogP contribution in [-0.4, -0.2) is 42.7 Å². The first-order valence-electron chi connectivity index (χ1n) is 6.59. The summed E-state index contributed by atoms with van der Waals surface area (Å²) in [5.74, 6) is 1.63. The smallest absolute Gasteiger partial charge is 0.140 e. The van der Waals surface area contributed by atoms with Gasteiger partial charge in [-0.2, -0.15) is 5.26 Å². The average Bonchev–Trinajstić information content (AvgIpc) is 2.39. The normalized spacial score (nSPS) is 16.6. The van der Waals surface area contributed by atoms with Crippen molar-refractivity contribution in [2.75, 3.05) is 37.6 Å². The molecule has 4 nitrogen and oxygen atoms in total. The van der Waals surface area contributed by atoms with Crippen molar-refractivity contribution in [3.63, 3.8) is 0 Å². The molecule has 0 aliphatic carbocycles. The molecule has 1 aromatic rings. The lowest BCUT2D eigenvalue weighted by Gasteiger charge is -2.36. The number of nitrogens with zero attached hydrogens (tertiary/aromatic N) is 3. The van der Waals surface area contributed by atoms with Gasteiger partial charge in [-0.05, 0) is 24.1 Å². The Balaban J connectivity index is 2.00. The highest BCUT2D eigenvalue weighted by Crippen LogP contribution is 2.28. The van der Waals surface area contributed by atoms with Crippen molar-refractivity contribution in [2.24, 2.45) is 0 Å². The van der Waals surface area contributed by atoms with Crippen molar-refractivity contribution in [1.82, 2.24) is 4.90 Å². The van der Waals surface area contributed by atoms with Gasteiger partial charge in [0.05, 0.1) is 17.3 Å². The zero-order valence-electron chi connectivity index (χ0n) is 11.6. The quantitative estimate of drug-likeness (QED) is 0.901. The molecular formula is C15H20N3O. The highest BCUT2D eigenvalue weighted by Gasteiger charge is 2.19. The maximum Gasteiger partial charge on any atom is 0.140 e. The van der Waals surface area contributed by atoms with E-state index in [0.717, 1.165) is 38.4 Å². The van der Waals surface area contributed by atoms with Gasteiger partial charge < -0.3 is 10.0 Å². The van der Waals surface area contributed by atoms with E-state index in [2.05, 4.69) is 23.6 Å². The maximum absolute atomic E-state index is 9.98. The Hall–Kier alpha value is -1.73. The molecule has 0 spiro atoms. The first kappa shape index (κ1) is 13.7. The van der Waals surface area contributed by atoms with Gasteiger partial charge in [-0.3, -0.25) is 4.90 Å². The lowest BCUT2D eigenvalue weighted by Crippen LogP contribution is -2.47. The molecule has 1 aliphatic rings. The third-order valence-corrected chi connectivity index (χ3v) is 3.36. The summed E-state index contributed by atoms with van der Waals surface area (Å²) in [6, 6.07) is 7.16. The van der Waals surface area contributed by atoms with Crippen LogP contribution >= 0.6 is 0 Å². The van der Waals surface area contributed by atoms with Crippen LogP contribution in [0.3, 0.4) is 0 Å². The number of nitriles is 1. The monoisotopic (exact) mass is 258 g/mol. The van der Waals surface area contributed by atoms with E-state index < -0.39 is 0 Å². The molecule has 0 bridgehead atoms. The molecule has 4 heteroatoms. The van der Waals surface area contributed by atoms with E-state index in [1.165, 1.54) is 12.0 Å². The minimum atomic E-state index is 0.200. The van der Waals surface area contributed by atoms with Crippen molar-refractivity contribution in [1.29, 1.82) is 5.26 Å². The third-order valence-electron chi connectivity index (χ3n) is 3.36. The molecule has 0 atom stereocenters. The lowest BCUT2D eigenvalue weighted by molar-refractivity contribution is 0.267. The van der Waals surface area contributed by atoms with E-state index in [1.807, 2.05) is 12.1 Å². The molecule has 0 aromatic heterocycles. The van der Waals surface area contributed by atoms with Crippen LogP contribution in [0.25, 0.3) is 0 Å². The number of phenolic OH excluding ortho intramolecular Hbond substituents is 1. The van der Waals surface area contributed by atoms with Gasteiger partial charge in [-0.1, -0.05) is 13.8 Å². The minimum Gasteiger partial charge on any atom is -0.506 e. The number of rotatable bonds is 3. The van der Waals surface area contributed by atoms with Crippen LogP contribution in [0.5, 0.6) is 5.75 Å². The van der Waals surface area contributed by atoms with Crippen LogP contribution in [0.1, 0.15) is 19.4 Å². The molecular weight excluding hydrogens is 238 g/mol. The molecule has 1 aliphatic heterocycles. The molecule has 2 rings (SSSR count). The van der Waals surface area contributed by atoms with Crippen molar-refractivity contribution in [3.05, 3.63) is 29.7 Å². The summed E-state index contributed by atoms with van der Waals surface area (Å²) in [5.41, 5.74) is 1.33. The Morgan fingerprint density at radius 1 is 1.26 bits per heavy atom. The predicted octanol–water partition coefficient (Wildman–Crippen LogP) is 2.00. The fourth-order valence-electron chi connectivity index (χ4n) is 2.45. The van der Waals surface area contributed by atoms with Gasteiger partial charge in [0.15, 0.2) is 0 Å². The average molecular weight is 258 g/mol. The summed E-state index contributed by atoms with van der Waals surface area (Å²) in [5, 5.41) is 18.8. The Bertz CT molecular complexity index is 471. The zero-order chi connectivity index (χ0) is 13.8. The fourth-order valence-corrected chi connectivity index (χ4v) is 2.45. The molecule has 19 heavy (non-hydrogen) atoms. The van der Waals surface area contributed by atoms with Crippen LogP contribution in [0, 0.1) is 17.2 Å². The van der Waals surface area contributed by atoms with Crippen molar-refractivity contribution in [3.8, 4) is 11.8 Å². The van der Waals surface area contributed by atoms with E-state index >= 15 is 0 Å². The minimum absolute atomic E-state index is 0.200. The zero-order valence-corrected chi connectivity index (χ0v) is 11.6. The maximum atomic E-state index is 9.98. The SMILES string of the molecule is C[C](C)CN1CCN(c2ccc(C#N)cc2O)CC1. The predicted molar refractivity (Wildman–Crippen MR) is 76.1 cm³/mol. The van der Waals surface area contributed by atoms with Gasteiger partial charge >= 0.3 is 0 Å². The Labute approximate surface area is 114 Å². The van der Waals surface area contributed by atoms with E-state index in [4.69, 9.17) is 5.26 Å². The van der Waals surface area contributed by atoms with Gasteiger partial charge in [0.1, 0.15) is 5.75 Å². The summed E-state index contributed by atoms with van der Waals surface area (Å²) in [7, 11) is 0. The summed E-state index contributed by atoms with van der Waals surface area (Å²) in [6.07, 6.45) is 0. The van der Waals surface area contributed by atoms with Crippen LogP contribution < -0.4 is 4.90 Å². The first-order valence-corrected chi connectivity index (χ1v) is 6.59. The van der Waals surface area contributed by atoms with Crippen molar-refractivity contribution >= 4 is 5.69 Å². The van der Waals surface area contributed by atoms with Gasteiger partial charge in [0, 0.05) is 32.7 Å². The van der Waals surface area contributed by atoms with E-state index in [-0.39, 0.29) is 5.75 Å². The molecule has 0 unspecified atom stereocenters. The highest BCUT2D eigenvalue weighted by molar-refractivity contribution is 5.60. The summed E-state index contributed by atoms with van der Waals surface area (Å²) >= 11 is 0. The third kappa shape index (κ3) is 3.39. The molecule has 0 amide bonds. The Kier molecular flexibility index (Phi) is 4.28. The second-order valence-electron chi connectivity index (χ2n) is 5.29. The van der Waals surface area contributed by atoms with E-state index in [1.54, 1.807) is 6.07 Å². The van der Waals surface area contributed by atoms with Crippen LogP contribution in [-0.2, 0) is 0 Å². The summed E-state index contributed by atoms with van der Waals surface area (Å²) < 4.78 is 0. The first-order chi connectivity index (χ1) is 9.10. The number of phenols is 1. The van der Waals surface area contributed by atoms with Gasteiger partial charge in [0.25, 0.3) is 0 Å². The van der Waals surface area contributed by atoms with E-state index in [0.29, 0.717) is 5.56 Å². The van der Waals surface area contributed by atoms with Crippen molar-refractivity contribution in [2.45, 2.75) is 13.8 Å². The number of hydrogen-bond acceptors (Lipinski definition) is 4. The molecule has 1 heterocycles. The summed E-state index contributed by atoms with van der Waals surface area (Å²) in [4.78, 5) is 4.60. The highest BCUT2D eigenvalue weighted by atomic mass is 16.3. The number of aromatic hydroxyl groups is 1. The molecule has 0 saturated carbocycles. The molecule has 1 aromatic carbocycles. The number of hydrogen-bond donors (Lipinski definition) is 1. The molecule has 1 radical (unpaired) electrons. The number of piperazine rings is 1. The largest absolute Gasteiger partial charge is 0.506 e. The van der Waals surface area contributed by atoms with Crippen LogP contribution in [0.2, 0.25) is 0 Å². The van der Waals surface area contributed by atoms with Crippen molar-refractivity contribution < 1.29 is 5.11 Å². The molecule has 1 saturated heterocycles. The molecule has 101 valence electrons. The van der Waals surface area contributed by atoms with Crippen LogP contribution in [0.15, 0.2) is 18.2 Å². The molecule has 1 fully saturated rings. The fraction of sp³-hybridized carbons (Fsp3) is 0.467. The summed E-state index contributed by atoms with van der Waals surface area (Å²) in [6.45, 7) is 9.18. The standard InChI is InChI=1S/C15H20N3O/c1-12(2)11-17-5-7-18(8-6-17)14-4-3-13(10-16)9-15(14)19/h3-4,9,19H,5-8,11H2,1-2H3. The second kappa shape index (κ2) is 5.94. The Morgan fingerprint density at radius 3 is 2.47 bits per heavy atom. The van der Waals surface area contributed by atoms with Gasteiger partial charge in [-0.15, -0.1) is 0 Å². The Morgan fingerprint density at radius 2 is 1.95 bits per heavy atom. The topological polar surface area (TPSA) is 50.5 Å². The van der Waals surface area contributed by atoms with Crippen LogP contribution in [0.4, 0.5) is 5.69 Å². The second-order valence-corrected chi connectivity index (χ2v) is 5.29. The number of anilines is 1.